The molecule has 0 atom stereocenters. The number of amides is 1. The van der Waals surface area contributed by atoms with Gasteiger partial charge in [0.2, 0.25) is 11.7 Å². The lowest BCUT2D eigenvalue weighted by Gasteiger charge is -2.12. The van der Waals surface area contributed by atoms with Crippen LogP contribution in [0.15, 0.2) is 53.1 Å². The third-order valence-electron chi connectivity index (χ3n) is 5.17. The topological polar surface area (TPSA) is 71.3 Å². The van der Waals surface area contributed by atoms with E-state index in [0.29, 0.717) is 23.0 Å². The fourth-order valence-electron chi connectivity index (χ4n) is 3.54. The van der Waals surface area contributed by atoms with Gasteiger partial charge in [0, 0.05) is 42.5 Å². The molecule has 0 radical (unpaired) electrons. The zero-order valence-electron chi connectivity index (χ0n) is 16.2. The largest absolute Gasteiger partial charge is 0.378 e. The normalized spacial score (nSPS) is 14.2. The summed E-state index contributed by atoms with van der Waals surface area (Å²) in [5.41, 5.74) is 3.19. The number of carbonyl (C=O) groups is 1. The van der Waals surface area contributed by atoms with Crippen LogP contribution in [0.1, 0.15) is 47.8 Å². The van der Waals surface area contributed by atoms with Crippen LogP contribution in [0.25, 0.3) is 11.4 Å². The van der Waals surface area contributed by atoms with E-state index in [4.69, 9.17) is 4.52 Å². The summed E-state index contributed by atoms with van der Waals surface area (Å²) in [5, 5.41) is 7.07. The molecule has 3 aromatic rings. The molecular weight excluding hydrogens is 352 g/mol. The average molecular weight is 376 g/mol. The van der Waals surface area contributed by atoms with Gasteiger partial charge in [-0.05, 0) is 49.2 Å². The van der Waals surface area contributed by atoms with Crippen molar-refractivity contribution >= 4 is 17.3 Å². The van der Waals surface area contributed by atoms with Crippen molar-refractivity contribution in [3.05, 3.63) is 60.0 Å². The van der Waals surface area contributed by atoms with Crippen LogP contribution >= 0.6 is 0 Å². The summed E-state index contributed by atoms with van der Waals surface area (Å²) < 4.78 is 5.47. The number of benzene rings is 2. The molecule has 1 amide bonds. The molecule has 1 aromatic heterocycles. The molecule has 0 spiro atoms. The van der Waals surface area contributed by atoms with E-state index in [9.17, 15) is 4.79 Å². The number of nitrogens with zero attached hydrogens (tertiary/aromatic N) is 3. The van der Waals surface area contributed by atoms with Crippen molar-refractivity contribution in [3.8, 4) is 11.4 Å². The molecule has 2 aromatic carbocycles. The van der Waals surface area contributed by atoms with Gasteiger partial charge in [-0.25, -0.2) is 0 Å². The third-order valence-corrected chi connectivity index (χ3v) is 5.17. The van der Waals surface area contributed by atoms with Crippen LogP contribution < -0.4 is 10.2 Å². The summed E-state index contributed by atoms with van der Waals surface area (Å²) in [6, 6.07) is 15.0. The monoisotopic (exact) mass is 376 g/mol. The molecule has 1 aliphatic carbocycles. The average Bonchev–Trinajstić information content (AvgIpc) is 3.40. The summed E-state index contributed by atoms with van der Waals surface area (Å²) in [5.74, 6) is 1.52. The van der Waals surface area contributed by atoms with Crippen LogP contribution in [0.4, 0.5) is 11.4 Å². The Hall–Kier alpha value is -3.15. The second-order valence-electron chi connectivity index (χ2n) is 7.41. The van der Waals surface area contributed by atoms with E-state index in [0.717, 1.165) is 30.0 Å². The Balaban J connectivity index is 1.48. The minimum absolute atomic E-state index is 0.151. The molecule has 4 rings (SSSR count). The van der Waals surface area contributed by atoms with Crippen LogP contribution in [0, 0.1) is 0 Å². The molecular formula is C22H24N4O2. The number of nitrogens with one attached hydrogen (secondary N) is 1. The SMILES string of the molecule is CN(C)c1ccc(C(=O)Nc2cccc(-c3noc(C4CCCC4)n3)c2)cc1. The van der Waals surface area contributed by atoms with Gasteiger partial charge in [-0.15, -0.1) is 0 Å². The molecule has 6 nitrogen and oxygen atoms in total. The first-order valence-corrected chi connectivity index (χ1v) is 9.63. The third kappa shape index (κ3) is 3.91. The van der Waals surface area contributed by atoms with E-state index in [2.05, 4.69) is 15.5 Å². The highest BCUT2D eigenvalue weighted by molar-refractivity contribution is 6.04. The van der Waals surface area contributed by atoms with Crippen molar-refractivity contribution < 1.29 is 9.32 Å². The Morgan fingerprint density at radius 1 is 1.11 bits per heavy atom. The molecule has 1 aliphatic rings. The molecule has 1 N–H and O–H groups in total. The van der Waals surface area contributed by atoms with Crippen molar-refractivity contribution in [2.75, 3.05) is 24.3 Å². The zero-order valence-corrected chi connectivity index (χ0v) is 16.2. The maximum absolute atomic E-state index is 12.5. The van der Waals surface area contributed by atoms with E-state index in [1.54, 1.807) is 0 Å². The van der Waals surface area contributed by atoms with Crippen LogP contribution in [0.5, 0.6) is 0 Å². The fraction of sp³-hybridized carbons (Fsp3) is 0.318. The number of hydrogen-bond acceptors (Lipinski definition) is 5. The van der Waals surface area contributed by atoms with Crippen LogP contribution in [0.3, 0.4) is 0 Å². The van der Waals surface area contributed by atoms with Gasteiger partial charge < -0.3 is 14.7 Å². The molecule has 0 bridgehead atoms. The Morgan fingerprint density at radius 3 is 2.57 bits per heavy atom. The number of carbonyl (C=O) groups excluding carboxylic acids is 1. The molecule has 144 valence electrons. The van der Waals surface area contributed by atoms with Gasteiger partial charge >= 0.3 is 0 Å². The highest BCUT2D eigenvalue weighted by Crippen LogP contribution is 2.34. The Labute approximate surface area is 164 Å². The second kappa shape index (κ2) is 7.84. The van der Waals surface area contributed by atoms with Gasteiger partial charge in [-0.3, -0.25) is 4.79 Å². The zero-order chi connectivity index (χ0) is 19.5. The van der Waals surface area contributed by atoms with Gasteiger partial charge in [0.05, 0.1) is 0 Å². The number of anilines is 2. The van der Waals surface area contributed by atoms with E-state index in [1.165, 1.54) is 12.8 Å². The lowest BCUT2D eigenvalue weighted by atomic mass is 10.1. The highest BCUT2D eigenvalue weighted by atomic mass is 16.5. The van der Waals surface area contributed by atoms with Gasteiger partial charge in [-0.2, -0.15) is 4.98 Å². The lowest BCUT2D eigenvalue weighted by molar-refractivity contribution is 0.102. The van der Waals surface area contributed by atoms with Crippen LogP contribution in [-0.4, -0.2) is 30.1 Å². The van der Waals surface area contributed by atoms with Gasteiger partial charge in [0.25, 0.3) is 5.91 Å². The van der Waals surface area contributed by atoms with E-state index >= 15 is 0 Å². The van der Waals surface area contributed by atoms with Gasteiger partial charge in [0.15, 0.2) is 0 Å². The second-order valence-corrected chi connectivity index (χ2v) is 7.41. The van der Waals surface area contributed by atoms with Crippen LogP contribution in [-0.2, 0) is 0 Å². The Bertz CT molecular complexity index is 957. The maximum atomic E-state index is 12.5. The summed E-state index contributed by atoms with van der Waals surface area (Å²) in [4.78, 5) is 19.1. The molecule has 1 saturated carbocycles. The molecule has 0 aliphatic heterocycles. The van der Waals surface area contributed by atoms with Crippen molar-refractivity contribution in [2.45, 2.75) is 31.6 Å². The lowest BCUT2D eigenvalue weighted by Crippen LogP contribution is -2.13. The summed E-state index contributed by atoms with van der Waals surface area (Å²) in [6.07, 6.45) is 4.67. The van der Waals surface area contributed by atoms with Crippen LogP contribution in [0.2, 0.25) is 0 Å². The van der Waals surface area contributed by atoms with Crippen molar-refractivity contribution in [1.29, 1.82) is 0 Å². The molecule has 1 fully saturated rings. The molecule has 1 heterocycles. The highest BCUT2D eigenvalue weighted by Gasteiger charge is 2.23. The predicted octanol–water partition coefficient (Wildman–Crippen LogP) is 4.71. The molecule has 28 heavy (non-hydrogen) atoms. The van der Waals surface area contributed by atoms with Crippen molar-refractivity contribution in [3.63, 3.8) is 0 Å². The van der Waals surface area contributed by atoms with Gasteiger partial charge in [-0.1, -0.05) is 30.1 Å². The standard InChI is InChI=1S/C22H24N4O2/c1-26(2)19-12-10-15(11-13-19)21(27)23-18-9-5-8-17(14-18)20-24-22(28-25-20)16-6-3-4-7-16/h5,8-14,16H,3-4,6-7H2,1-2H3,(H,23,27). The molecule has 0 unspecified atom stereocenters. The molecule has 6 heteroatoms. The summed E-state index contributed by atoms with van der Waals surface area (Å²) in [7, 11) is 3.94. The fourth-order valence-corrected chi connectivity index (χ4v) is 3.54. The Morgan fingerprint density at radius 2 is 1.86 bits per heavy atom. The summed E-state index contributed by atoms with van der Waals surface area (Å²) in [6.45, 7) is 0. The van der Waals surface area contributed by atoms with Crippen molar-refractivity contribution in [1.82, 2.24) is 10.1 Å². The van der Waals surface area contributed by atoms with Gasteiger partial charge in [0.1, 0.15) is 0 Å². The predicted molar refractivity (Wildman–Crippen MR) is 110 cm³/mol. The maximum Gasteiger partial charge on any atom is 0.255 e. The quantitative estimate of drug-likeness (QED) is 0.698. The first-order valence-electron chi connectivity index (χ1n) is 9.63. The van der Waals surface area contributed by atoms with Crippen molar-refractivity contribution in [2.24, 2.45) is 0 Å². The van der Waals surface area contributed by atoms with E-state index < -0.39 is 0 Å². The first-order chi connectivity index (χ1) is 13.6. The summed E-state index contributed by atoms with van der Waals surface area (Å²) >= 11 is 0. The minimum Gasteiger partial charge on any atom is -0.378 e. The molecule has 0 saturated heterocycles. The number of hydrogen-bond donors (Lipinski definition) is 1. The minimum atomic E-state index is -0.151. The van der Waals surface area contributed by atoms with E-state index in [-0.39, 0.29) is 5.91 Å². The number of aromatic nitrogens is 2. The number of rotatable bonds is 5. The smallest absolute Gasteiger partial charge is 0.255 e. The Kier molecular flexibility index (Phi) is 5.10. The van der Waals surface area contributed by atoms with E-state index in [1.807, 2.05) is 67.5 Å². The first kappa shape index (κ1) is 18.2.